The van der Waals surface area contributed by atoms with Crippen molar-refractivity contribution < 1.29 is 13.9 Å². The molecule has 0 bridgehead atoms. The number of likely N-dealkylation sites (tertiary alicyclic amines) is 1. The van der Waals surface area contributed by atoms with E-state index in [0.29, 0.717) is 42.8 Å². The molecule has 8 heteroatoms. The van der Waals surface area contributed by atoms with E-state index in [1.165, 1.54) is 12.4 Å². The van der Waals surface area contributed by atoms with E-state index in [2.05, 4.69) is 20.4 Å². The molecule has 0 aliphatic carbocycles. The first-order chi connectivity index (χ1) is 11.2. The van der Waals surface area contributed by atoms with Gasteiger partial charge in [0.25, 0.3) is 5.91 Å². The minimum atomic E-state index is -0.0121. The largest absolute Gasteiger partial charge is 0.426 e. The summed E-state index contributed by atoms with van der Waals surface area (Å²) < 4.78 is 11.5. The molecule has 4 heterocycles. The molecular formula is C15H17N5O3. The molecule has 8 nitrogen and oxygen atoms in total. The van der Waals surface area contributed by atoms with Crippen molar-refractivity contribution in [1.29, 1.82) is 0 Å². The Hall–Kier alpha value is -2.35. The maximum Gasteiger partial charge on any atom is 0.255 e. The predicted octanol–water partition coefficient (Wildman–Crippen LogP) is 0.640. The van der Waals surface area contributed by atoms with Gasteiger partial charge in [0.2, 0.25) is 11.8 Å². The first kappa shape index (κ1) is 14.3. The fraction of sp³-hybridized carbons (Fsp3) is 0.533. The second-order valence-corrected chi connectivity index (χ2v) is 6.05. The quantitative estimate of drug-likeness (QED) is 0.820. The van der Waals surface area contributed by atoms with Gasteiger partial charge in [-0.3, -0.25) is 4.79 Å². The smallest absolute Gasteiger partial charge is 0.255 e. The minimum absolute atomic E-state index is 0.0121. The van der Waals surface area contributed by atoms with Gasteiger partial charge in [-0.05, 0) is 12.5 Å². The molecule has 0 aromatic carbocycles. The summed E-state index contributed by atoms with van der Waals surface area (Å²) in [6.07, 6.45) is 4.74. The number of nitrogens with zero attached hydrogens (tertiary/aromatic N) is 5. The van der Waals surface area contributed by atoms with Gasteiger partial charge < -0.3 is 14.1 Å². The Morgan fingerprint density at radius 1 is 1.35 bits per heavy atom. The van der Waals surface area contributed by atoms with Crippen LogP contribution in [0.4, 0.5) is 0 Å². The van der Waals surface area contributed by atoms with E-state index < -0.39 is 0 Å². The van der Waals surface area contributed by atoms with Crippen LogP contribution in [-0.2, 0) is 11.2 Å². The van der Waals surface area contributed by atoms with Crippen molar-refractivity contribution in [2.24, 2.45) is 5.92 Å². The summed E-state index contributed by atoms with van der Waals surface area (Å²) in [7, 11) is 0. The Bertz CT molecular complexity index is 690. The monoisotopic (exact) mass is 315 g/mol. The van der Waals surface area contributed by atoms with Gasteiger partial charge in [0.05, 0.1) is 36.6 Å². The molecule has 0 spiro atoms. The van der Waals surface area contributed by atoms with Crippen molar-refractivity contribution in [2.45, 2.75) is 32.0 Å². The molecule has 2 aliphatic heterocycles. The molecule has 23 heavy (non-hydrogen) atoms. The van der Waals surface area contributed by atoms with Gasteiger partial charge >= 0.3 is 0 Å². The summed E-state index contributed by atoms with van der Waals surface area (Å²) in [5.41, 5.74) is 0.567. The molecule has 0 N–H and O–H groups in total. The number of ether oxygens (including phenoxy) is 1. The number of fused-ring (bicyclic) bond motifs is 1. The molecule has 0 unspecified atom stereocenters. The second-order valence-electron chi connectivity index (χ2n) is 6.05. The number of hydrogen-bond donors (Lipinski definition) is 0. The Morgan fingerprint density at radius 2 is 2.26 bits per heavy atom. The Kier molecular flexibility index (Phi) is 3.53. The number of aryl methyl sites for hydroxylation is 1. The summed E-state index contributed by atoms with van der Waals surface area (Å²) in [6, 6.07) is 1.69. The molecule has 3 atom stereocenters. The molecule has 4 rings (SSSR count). The van der Waals surface area contributed by atoms with Crippen LogP contribution in [0.25, 0.3) is 0 Å². The number of carbonyl (C=O) groups excluding carboxylic acids is 1. The van der Waals surface area contributed by atoms with E-state index >= 15 is 0 Å². The molecule has 120 valence electrons. The number of aromatic nitrogens is 4. The zero-order valence-corrected chi connectivity index (χ0v) is 12.8. The average Bonchev–Trinajstić information content (AvgIpc) is 3.22. The molecule has 2 fully saturated rings. The highest BCUT2D eigenvalue weighted by Crippen LogP contribution is 2.34. The molecular weight excluding hydrogens is 298 g/mol. The van der Waals surface area contributed by atoms with Crippen LogP contribution in [0.1, 0.15) is 28.6 Å². The summed E-state index contributed by atoms with van der Waals surface area (Å²) >= 11 is 0. The number of carbonyl (C=O) groups is 1. The van der Waals surface area contributed by atoms with Gasteiger partial charge in [-0.2, -0.15) is 10.2 Å². The van der Waals surface area contributed by atoms with Crippen LogP contribution in [0.15, 0.2) is 22.9 Å². The Morgan fingerprint density at radius 3 is 2.96 bits per heavy atom. The third-order valence-corrected chi connectivity index (χ3v) is 4.40. The van der Waals surface area contributed by atoms with E-state index in [1.54, 1.807) is 13.0 Å². The zero-order chi connectivity index (χ0) is 15.8. The van der Waals surface area contributed by atoms with Crippen LogP contribution in [-0.4, -0.2) is 56.5 Å². The van der Waals surface area contributed by atoms with Crippen LogP contribution < -0.4 is 0 Å². The standard InChI is InChI=1S/C15H17N5O3/c1-9-18-19-14(22-9)5-12-4-11-7-20(8-13(11)23-12)15(21)10-2-3-16-17-6-10/h2-3,6,11-13H,4-5,7-8H2,1H3/t11-,12+,13+/m0/s1. The van der Waals surface area contributed by atoms with Gasteiger partial charge in [0, 0.05) is 25.9 Å². The zero-order valence-electron chi connectivity index (χ0n) is 12.8. The van der Waals surface area contributed by atoms with Crippen LogP contribution in [0, 0.1) is 12.8 Å². The third kappa shape index (κ3) is 2.81. The highest BCUT2D eigenvalue weighted by molar-refractivity contribution is 5.94. The van der Waals surface area contributed by atoms with Crippen LogP contribution >= 0.6 is 0 Å². The fourth-order valence-electron chi connectivity index (χ4n) is 3.37. The highest BCUT2D eigenvalue weighted by atomic mass is 16.5. The van der Waals surface area contributed by atoms with Gasteiger partial charge in [-0.15, -0.1) is 10.2 Å². The van der Waals surface area contributed by atoms with Gasteiger partial charge in [0.15, 0.2) is 0 Å². The summed E-state index contributed by atoms with van der Waals surface area (Å²) in [6.45, 7) is 3.11. The third-order valence-electron chi connectivity index (χ3n) is 4.40. The maximum atomic E-state index is 12.4. The van der Waals surface area contributed by atoms with E-state index in [9.17, 15) is 4.79 Å². The van der Waals surface area contributed by atoms with Gasteiger partial charge in [-0.25, -0.2) is 0 Å². The lowest BCUT2D eigenvalue weighted by Gasteiger charge is -2.18. The van der Waals surface area contributed by atoms with Crippen molar-refractivity contribution >= 4 is 5.91 Å². The molecule has 2 aromatic heterocycles. The summed E-state index contributed by atoms with van der Waals surface area (Å²) in [5, 5.41) is 15.3. The topological polar surface area (TPSA) is 94.2 Å². The Balaban J connectivity index is 1.36. The van der Waals surface area contributed by atoms with Crippen LogP contribution in [0.2, 0.25) is 0 Å². The molecule has 1 amide bonds. The van der Waals surface area contributed by atoms with E-state index in [-0.39, 0.29) is 18.1 Å². The van der Waals surface area contributed by atoms with Crippen molar-refractivity contribution in [1.82, 2.24) is 25.3 Å². The highest BCUT2D eigenvalue weighted by Gasteiger charge is 2.43. The lowest BCUT2D eigenvalue weighted by molar-refractivity contribution is 0.0335. The SMILES string of the molecule is Cc1nnc(C[C@H]2C[C@H]3CN(C(=O)c4ccnnc4)C[C@H]3O2)o1. The van der Waals surface area contributed by atoms with E-state index in [0.717, 1.165) is 6.42 Å². The normalized spacial score (nSPS) is 26.5. The minimum Gasteiger partial charge on any atom is -0.426 e. The summed E-state index contributed by atoms with van der Waals surface area (Å²) in [5.74, 6) is 1.54. The van der Waals surface area contributed by atoms with Gasteiger partial charge in [-0.1, -0.05) is 0 Å². The number of hydrogen-bond acceptors (Lipinski definition) is 7. The van der Waals surface area contributed by atoms with E-state index in [1.807, 2.05) is 4.90 Å². The van der Waals surface area contributed by atoms with Crippen molar-refractivity contribution in [3.05, 3.63) is 35.8 Å². The van der Waals surface area contributed by atoms with Crippen molar-refractivity contribution in [3.63, 3.8) is 0 Å². The lowest BCUT2D eigenvalue weighted by Crippen LogP contribution is -2.31. The molecule has 0 saturated carbocycles. The van der Waals surface area contributed by atoms with Gasteiger partial charge in [0.1, 0.15) is 0 Å². The Labute approximate surface area is 132 Å². The second kappa shape index (κ2) is 5.69. The van der Waals surface area contributed by atoms with Crippen LogP contribution in [0.3, 0.4) is 0 Å². The fourth-order valence-corrected chi connectivity index (χ4v) is 3.37. The lowest BCUT2D eigenvalue weighted by atomic mass is 10.0. The predicted molar refractivity (Wildman–Crippen MR) is 77.4 cm³/mol. The number of rotatable bonds is 3. The molecule has 2 aliphatic rings. The number of amides is 1. The maximum absolute atomic E-state index is 12.4. The first-order valence-corrected chi connectivity index (χ1v) is 7.69. The molecule has 0 radical (unpaired) electrons. The van der Waals surface area contributed by atoms with Crippen molar-refractivity contribution in [2.75, 3.05) is 13.1 Å². The van der Waals surface area contributed by atoms with Crippen molar-refractivity contribution in [3.8, 4) is 0 Å². The van der Waals surface area contributed by atoms with E-state index in [4.69, 9.17) is 9.15 Å². The molecule has 2 saturated heterocycles. The average molecular weight is 315 g/mol. The summed E-state index contributed by atoms with van der Waals surface area (Å²) in [4.78, 5) is 14.3. The first-order valence-electron chi connectivity index (χ1n) is 7.69. The molecule has 2 aromatic rings. The van der Waals surface area contributed by atoms with Crippen LogP contribution in [0.5, 0.6) is 0 Å².